The fraction of sp³-hybridized carbons (Fsp3) is 0.556. The summed E-state index contributed by atoms with van der Waals surface area (Å²) in [6.45, 7) is 6.37. The van der Waals surface area contributed by atoms with Crippen LogP contribution >= 0.6 is 0 Å². The zero-order valence-corrected chi connectivity index (χ0v) is 14.8. The van der Waals surface area contributed by atoms with Crippen LogP contribution in [0.3, 0.4) is 0 Å². The summed E-state index contributed by atoms with van der Waals surface area (Å²) >= 11 is 0. The van der Waals surface area contributed by atoms with E-state index < -0.39 is 0 Å². The van der Waals surface area contributed by atoms with Gasteiger partial charge in [0, 0.05) is 42.9 Å². The maximum atomic E-state index is 12.7. The molecule has 0 unspecified atom stereocenters. The first-order valence-corrected chi connectivity index (χ1v) is 8.65. The number of aryl methyl sites for hydroxylation is 2. The van der Waals surface area contributed by atoms with Gasteiger partial charge in [-0.15, -0.1) is 0 Å². The van der Waals surface area contributed by atoms with Gasteiger partial charge in [-0.1, -0.05) is 5.16 Å². The van der Waals surface area contributed by atoms with Crippen molar-refractivity contribution in [3.05, 3.63) is 41.3 Å². The molecule has 2 aromatic heterocycles. The van der Waals surface area contributed by atoms with Crippen molar-refractivity contribution in [2.24, 2.45) is 5.92 Å². The Bertz CT molecular complexity index is 682. The molecule has 7 nitrogen and oxygen atoms in total. The molecule has 3 rings (SSSR count). The molecule has 0 radical (unpaired) electrons. The number of aromatic nitrogens is 3. The van der Waals surface area contributed by atoms with E-state index in [1.54, 1.807) is 12.5 Å². The summed E-state index contributed by atoms with van der Waals surface area (Å²) in [6.07, 6.45) is 5.21. The Hall–Kier alpha value is -2.28. The first-order valence-electron chi connectivity index (χ1n) is 8.65. The second-order valence-corrected chi connectivity index (χ2v) is 6.49. The maximum absolute atomic E-state index is 12.7. The van der Waals surface area contributed by atoms with E-state index in [4.69, 9.17) is 9.26 Å². The Balaban J connectivity index is 1.57. The lowest BCUT2D eigenvalue weighted by molar-refractivity contribution is -0.131. The van der Waals surface area contributed by atoms with Gasteiger partial charge in [-0.3, -0.25) is 4.79 Å². The Kier molecular flexibility index (Phi) is 5.75. The topological polar surface area (TPSA) is 81.4 Å². The standard InChI is InChI=1S/C18H24N4O3/c1-13-17(14(2)25-21-13)3-4-18(23)22-7-8-24-11-15(10-22)9-16-5-6-19-12-20-16/h5-6,12,15H,3-4,7-11H2,1-2H3/t15-/m0/s1. The summed E-state index contributed by atoms with van der Waals surface area (Å²) in [4.78, 5) is 22.8. The zero-order chi connectivity index (χ0) is 17.6. The minimum atomic E-state index is 0.151. The number of hydrogen-bond acceptors (Lipinski definition) is 6. The molecule has 1 atom stereocenters. The predicted molar refractivity (Wildman–Crippen MR) is 90.9 cm³/mol. The molecule has 1 aliphatic rings. The van der Waals surface area contributed by atoms with Crippen molar-refractivity contribution in [1.29, 1.82) is 0 Å². The van der Waals surface area contributed by atoms with Gasteiger partial charge in [-0.25, -0.2) is 9.97 Å². The van der Waals surface area contributed by atoms with E-state index in [2.05, 4.69) is 15.1 Å². The van der Waals surface area contributed by atoms with Crippen LogP contribution in [0.5, 0.6) is 0 Å². The van der Waals surface area contributed by atoms with Crippen LogP contribution in [-0.4, -0.2) is 52.2 Å². The zero-order valence-electron chi connectivity index (χ0n) is 14.8. The van der Waals surface area contributed by atoms with Crippen molar-refractivity contribution in [3.8, 4) is 0 Å². The van der Waals surface area contributed by atoms with Crippen LogP contribution < -0.4 is 0 Å². The lowest BCUT2D eigenvalue weighted by Gasteiger charge is -2.23. The third-order valence-electron chi connectivity index (χ3n) is 4.60. The van der Waals surface area contributed by atoms with Crippen LogP contribution in [0.25, 0.3) is 0 Å². The fourth-order valence-corrected chi connectivity index (χ4v) is 3.21. The highest BCUT2D eigenvalue weighted by Gasteiger charge is 2.23. The quantitative estimate of drug-likeness (QED) is 0.822. The predicted octanol–water partition coefficient (Wildman–Crippen LogP) is 1.73. The number of carbonyl (C=O) groups excluding carboxylic acids is 1. The van der Waals surface area contributed by atoms with Crippen molar-refractivity contribution >= 4 is 5.91 Å². The van der Waals surface area contributed by atoms with Crippen molar-refractivity contribution in [2.45, 2.75) is 33.1 Å². The van der Waals surface area contributed by atoms with E-state index in [0.717, 1.165) is 29.1 Å². The molecule has 1 amide bonds. The average molecular weight is 344 g/mol. The monoisotopic (exact) mass is 344 g/mol. The Morgan fingerprint density at radius 2 is 2.28 bits per heavy atom. The summed E-state index contributed by atoms with van der Waals surface area (Å²) in [6, 6.07) is 1.91. The van der Waals surface area contributed by atoms with Crippen molar-refractivity contribution in [1.82, 2.24) is 20.0 Å². The van der Waals surface area contributed by atoms with Gasteiger partial charge in [0.15, 0.2) is 0 Å². The number of nitrogens with zero attached hydrogens (tertiary/aromatic N) is 4. The molecular weight excluding hydrogens is 320 g/mol. The van der Waals surface area contributed by atoms with E-state index in [1.165, 1.54) is 0 Å². The molecule has 0 saturated carbocycles. The van der Waals surface area contributed by atoms with Gasteiger partial charge in [-0.05, 0) is 32.8 Å². The van der Waals surface area contributed by atoms with E-state index in [9.17, 15) is 4.79 Å². The Morgan fingerprint density at radius 1 is 1.40 bits per heavy atom. The second-order valence-electron chi connectivity index (χ2n) is 6.49. The molecule has 0 aromatic carbocycles. The molecule has 1 saturated heterocycles. The molecule has 3 heterocycles. The highest BCUT2D eigenvalue weighted by atomic mass is 16.5. The van der Waals surface area contributed by atoms with Crippen LogP contribution in [0.15, 0.2) is 23.1 Å². The van der Waals surface area contributed by atoms with Crippen molar-refractivity contribution in [3.63, 3.8) is 0 Å². The number of hydrogen-bond donors (Lipinski definition) is 0. The molecule has 1 aliphatic heterocycles. The first-order chi connectivity index (χ1) is 12.1. The minimum absolute atomic E-state index is 0.151. The summed E-state index contributed by atoms with van der Waals surface area (Å²) < 4.78 is 10.9. The minimum Gasteiger partial charge on any atom is -0.379 e. The third-order valence-corrected chi connectivity index (χ3v) is 4.60. The number of rotatable bonds is 5. The van der Waals surface area contributed by atoms with E-state index in [-0.39, 0.29) is 11.8 Å². The molecule has 1 fully saturated rings. The molecular formula is C18H24N4O3. The first kappa shape index (κ1) is 17.5. The molecule has 7 heteroatoms. The van der Waals surface area contributed by atoms with Gasteiger partial charge in [0.1, 0.15) is 12.1 Å². The normalized spacial score (nSPS) is 18.2. The van der Waals surface area contributed by atoms with Crippen molar-refractivity contribution < 1.29 is 14.1 Å². The summed E-state index contributed by atoms with van der Waals surface area (Å²) in [5.41, 5.74) is 2.89. The van der Waals surface area contributed by atoms with Gasteiger partial charge < -0.3 is 14.2 Å². The van der Waals surface area contributed by atoms with Crippen LogP contribution in [0.2, 0.25) is 0 Å². The molecule has 134 valence electrons. The number of carbonyl (C=O) groups is 1. The smallest absolute Gasteiger partial charge is 0.222 e. The van der Waals surface area contributed by atoms with Crippen LogP contribution in [-0.2, 0) is 22.4 Å². The summed E-state index contributed by atoms with van der Waals surface area (Å²) in [5.74, 6) is 1.20. The lowest BCUT2D eigenvalue weighted by Crippen LogP contribution is -2.36. The molecule has 0 N–H and O–H groups in total. The second kappa shape index (κ2) is 8.20. The fourth-order valence-electron chi connectivity index (χ4n) is 3.21. The molecule has 0 bridgehead atoms. The lowest BCUT2D eigenvalue weighted by atomic mass is 10.0. The SMILES string of the molecule is Cc1noc(C)c1CCC(=O)N1CCOC[C@@H](Cc2ccncn2)C1. The average Bonchev–Trinajstić information content (AvgIpc) is 2.81. The highest BCUT2D eigenvalue weighted by molar-refractivity contribution is 5.76. The van der Waals surface area contributed by atoms with E-state index in [0.29, 0.717) is 39.1 Å². The van der Waals surface area contributed by atoms with Gasteiger partial charge in [-0.2, -0.15) is 0 Å². The van der Waals surface area contributed by atoms with Crippen molar-refractivity contribution in [2.75, 3.05) is 26.3 Å². The van der Waals surface area contributed by atoms with Gasteiger partial charge >= 0.3 is 0 Å². The van der Waals surface area contributed by atoms with Gasteiger partial charge in [0.25, 0.3) is 0 Å². The molecule has 0 aliphatic carbocycles. The molecule has 2 aromatic rings. The van der Waals surface area contributed by atoms with E-state index in [1.807, 2.05) is 24.8 Å². The van der Waals surface area contributed by atoms with Crippen LogP contribution in [0.4, 0.5) is 0 Å². The number of ether oxygens (including phenoxy) is 1. The highest BCUT2D eigenvalue weighted by Crippen LogP contribution is 2.17. The van der Waals surface area contributed by atoms with Gasteiger partial charge in [0.2, 0.25) is 5.91 Å². The summed E-state index contributed by atoms with van der Waals surface area (Å²) in [5, 5.41) is 3.95. The van der Waals surface area contributed by atoms with Crippen LogP contribution in [0, 0.1) is 19.8 Å². The third kappa shape index (κ3) is 4.63. The maximum Gasteiger partial charge on any atom is 0.222 e. The van der Waals surface area contributed by atoms with Gasteiger partial charge in [0.05, 0.1) is 18.9 Å². The Morgan fingerprint density at radius 3 is 3.00 bits per heavy atom. The van der Waals surface area contributed by atoms with E-state index >= 15 is 0 Å². The molecule has 25 heavy (non-hydrogen) atoms. The summed E-state index contributed by atoms with van der Waals surface area (Å²) in [7, 11) is 0. The molecule has 0 spiro atoms. The largest absolute Gasteiger partial charge is 0.379 e. The van der Waals surface area contributed by atoms with Crippen LogP contribution in [0.1, 0.15) is 29.1 Å². The number of amides is 1. The Labute approximate surface area is 147 Å².